The Bertz CT molecular complexity index is 404. The monoisotopic (exact) mass is 207 g/mol. The lowest BCUT2D eigenvalue weighted by atomic mass is 10.1. The maximum atomic E-state index is 8.80. The van der Waals surface area contributed by atoms with Crippen LogP contribution in [0.15, 0.2) is 24.3 Å². The van der Waals surface area contributed by atoms with Crippen LogP contribution in [0, 0.1) is 11.3 Å². The van der Waals surface area contributed by atoms with Crippen LogP contribution >= 0.6 is 11.6 Å². The zero-order valence-electron chi connectivity index (χ0n) is 8.04. The van der Waals surface area contributed by atoms with Gasteiger partial charge in [0.15, 0.2) is 0 Å². The molecule has 0 amide bonds. The Kier molecular flexibility index (Phi) is 3.55. The third-order valence-electron chi connectivity index (χ3n) is 1.87. The molecule has 0 spiro atoms. The van der Waals surface area contributed by atoms with Crippen LogP contribution in [-0.2, 0) is 0 Å². The van der Waals surface area contributed by atoms with Gasteiger partial charge in [0, 0.05) is 0 Å². The fourth-order valence-corrected chi connectivity index (χ4v) is 1.39. The molecule has 0 fully saturated rings. The van der Waals surface area contributed by atoms with Crippen LogP contribution < -0.4 is 4.74 Å². The number of nitriles is 1. The lowest BCUT2D eigenvalue weighted by molar-refractivity contribution is 0.415. The normalized spacial score (nSPS) is 10.9. The van der Waals surface area contributed by atoms with Crippen molar-refractivity contribution in [3.63, 3.8) is 0 Å². The predicted octanol–water partition coefficient (Wildman–Crippen LogP) is 3.28. The molecule has 0 atom stereocenters. The Morgan fingerprint density at radius 3 is 2.71 bits per heavy atom. The van der Waals surface area contributed by atoms with Crippen molar-refractivity contribution in [2.24, 2.45) is 0 Å². The van der Waals surface area contributed by atoms with Gasteiger partial charge in [-0.15, -0.1) is 0 Å². The highest BCUT2D eigenvalue weighted by molar-refractivity contribution is 6.32. The smallest absolute Gasteiger partial charge is 0.137 e. The van der Waals surface area contributed by atoms with Gasteiger partial charge in [-0.1, -0.05) is 17.7 Å². The maximum absolute atomic E-state index is 8.80. The number of allylic oxidation sites excluding steroid dienone is 2. The maximum Gasteiger partial charge on any atom is 0.137 e. The van der Waals surface area contributed by atoms with E-state index in [1.54, 1.807) is 25.3 Å². The van der Waals surface area contributed by atoms with Crippen LogP contribution in [0.25, 0.3) is 5.57 Å². The molecule has 1 aromatic carbocycles. The van der Waals surface area contributed by atoms with Gasteiger partial charge in [0.2, 0.25) is 0 Å². The molecule has 0 N–H and O–H groups in total. The zero-order chi connectivity index (χ0) is 10.6. The highest BCUT2D eigenvalue weighted by Gasteiger charge is 2.04. The Morgan fingerprint density at radius 2 is 2.29 bits per heavy atom. The number of rotatable bonds is 2. The number of methoxy groups -OCH3 is 1. The summed E-state index contributed by atoms with van der Waals surface area (Å²) in [5.74, 6) is 0.615. The number of halogens is 1. The van der Waals surface area contributed by atoms with E-state index in [4.69, 9.17) is 21.6 Å². The molecule has 0 saturated carbocycles. The van der Waals surface area contributed by atoms with E-state index in [0.717, 1.165) is 5.56 Å². The van der Waals surface area contributed by atoms with Crippen molar-refractivity contribution in [2.45, 2.75) is 6.92 Å². The molecule has 0 unspecified atom stereocenters. The molecule has 0 aliphatic heterocycles. The van der Waals surface area contributed by atoms with Gasteiger partial charge in [-0.05, 0) is 30.7 Å². The Labute approximate surface area is 88.4 Å². The first-order chi connectivity index (χ1) is 6.72. The van der Waals surface area contributed by atoms with Crippen LogP contribution in [-0.4, -0.2) is 7.11 Å². The summed E-state index contributed by atoms with van der Waals surface area (Å²) in [6.45, 7) is 1.82. The van der Waals surface area contributed by atoms with Gasteiger partial charge in [0.25, 0.3) is 0 Å². The van der Waals surface area contributed by atoms with E-state index in [-0.39, 0.29) is 0 Å². The Balaban J connectivity index is 3.16. The van der Waals surface area contributed by atoms with Crippen LogP contribution in [0.5, 0.6) is 5.75 Å². The van der Waals surface area contributed by atoms with Gasteiger partial charge in [0.1, 0.15) is 5.75 Å². The zero-order valence-corrected chi connectivity index (χ0v) is 8.80. The van der Waals surface area contributed by atoms with E-state index in [2.05, 4.69) is 6.07 Å². The first-order valence-electron chi connectivity index (χ1n) is 4.13. The number of hydrogen-bond donors (Lipinski definition) is 0. The van der Waals surface area contributed by atoms with E-state index >= 15 is 0 Å². The molecule has 1 aromatic rings. The van der Waals surface area contributed by atoms with Crippen LogP contribution in [0.2, 0.25) is 5.02 Å². The molecule has 0 aliphatic carbocycles. The van der Waals surface area contributed by atoms with E-state index in [0.29, 0.717) is 16.3 Å². The van der Waals surface area contributed by atoms with E-state index in [1.165, 1.54) is 0 Å². The molecule has 0 aromatic heterocycles. The average molecular weight is 208 g/mol. The van der Waals surface area contributed by atoms with Gasteiger partial charge >= 0.3 is 0 Å². The van der Waals surface area contributed by atoms with Gasteiger partial charge < -0.3 is 4.74 Å². The number of benzene rings is 1. The quantitative estimate of drug-likeness (QED) is 0.698. The standard InChI is InChI=1S/C11H10ClNO/c1-3-8(7-13)9-4-5-11(14-2)10(12)6-9/h3-6H,1-2H3/b8-3+. The van der Waals surface area contributed by atoms with Crippen molar-refractivity contribution in [3.05, 3.63) is 34.9 Å². The molecule has 0 saturated heterocycles. The first kappa shape index (κ1) is 10.6. The van der Waals surface area contributed by atoms with E-state index in [1.807, 2.05) is 13.0 Å². The summed E-state index contributed by atoms with van der Waals surface area (Å²) in [7, 11) is 1.56. The minimum absolute atomic E-state index is 0.514. The van der Waals surface area contributed by atoms with Crippen molar-refractivity contribution in [3.8, 4) is 11.8 Å². The van der Waals surface area contributed by atoms with Gasteiger partial charge in [-0.25, -0.2) is 0 Å². The fourth-order valence-electron chi connectivity index (χ4n) is 1.13. The first-order valence-corrected chi connectivity index (χ1v) is 4.51. The second-order valence-electron chi connectivity index (χ2n) is 2.66. The summed E-state index contributed by atoms with van der Waals surface area (Å²) in [4.78, 5) is 0. The van der Waals surface area contributed by atoms with Crippen molar-refractivity contribution < 1.29 is 4.74 Å². The summed E-state index contributed by atoms with van der Waals surface area (Å²) < 4.78 is 5.01. The molecule has 0 aliphatic rings. The summed E-state index contributed by atoms with van der Waals surface area (Å²) >= 11 is 5.93. The lowest BCUT2D eigenvalue weighted by Gasteiger charge is -2.04. The van der Waals surface area contributed by atoms with Crippen molar-refractivity contribution in [1.29, 1.82) is 5.26 Å². The summed E-state index contributed by atoms with van der Waals surface area (Å²) in [6.07, 6.45) is 1.75. The van der Waals surface area contributed by atoms with Crippen LogP contribution in [0.3, 0.4) is 0 Å². The molecule has 1 rings (SSSR count). The molecule has 0 bridgehead atoms. The molecular formula is C11H10ClNO. The van der Waals surface area contributed by atoms with Crippen molar-refractivity contribution in [2.75, 3.05) is 7.11 Å². The average Bonchev–Trinajstić information content (AvgIpc) is 2.20. The minimum Gasteiger partial charge on any atom is -0.495 e. The Hall–Kier alpha value is -1.46. The van der Waals surface area contributed by atoms with Gasteiger partial charge in [-0.2, -0.15) is 5.26 Å². The molecule has 14 heavy (non-hydrogen) atoms. The van der Waals surface area contributed by atoms with Gasteiger partial charge in [-0.3, -0.25) is 0 Å². The third-order valence-corrected chi connectivity index (χ3v) is 2.17. The topological polar surface area (TPSA) is 33.0 Å². The summed E-state index contributed by atoms with van der Waals surface area (Å²) in [5, 5.41) is 9.32. The fraction of sp³-hybridized carbons (Fsp3) is 0.182. The number of hydrogen-bond acceptors (Lipinski definition) is 2. The van der Waals surface area contributed by atoms with Crippen molar-refractivity contribution in [1.82, 2.24) is 0 Å². The molecular weight excluding hydrogens is 198 g/mol. The van der Waals surface area contributed by atoms with Crippen molar-refractivity contribution >= 4 is 17.2 Å². The number of ether oxygens (including phenoxy) is 1. The second-order valence-corrected chi connectivity index (χ2v) is 3.07. The largest absolute Gasteiger partial charge is 0.495 e. The SMILES string of the molecule is C/C=C(\C#N)c1ccc(OC)c(Cl)c1. The van der Waals surface area contributed by atoms with Gasteiger partial charge in [0.05, 0.1) is 23.8 Å². The summed E-state index contributed by atoms with van der Waals surface area (Å²) in [6, 6.07) is 7.37. The second kappa shape index (κ2) is 4.69. The predicted molar refractivity (Wildman–Crippen MR) is 57.3 cm³/mol. The molecule has 72 valence electrons. The molecule has 2 nitrogen and oxygen atoms in total. The van der Waals surface area contributed by atoms with E-state index in [9.17, 15) is 0 Å². The highest BCUT2D eigenvalue weighted by atomic mass is 35.5. The van der Waals surface area contributed by atoms with Crippen LogP contribution in [0.1, 0.15) is 12.5 Å². The van der Waals surface area contributed by atoms with Crippen LogP contribution in [0.4, 0.5) is 0 Å². The summed E-state index contributed by atoms with van der Waals surface area (Å²) in [5.41, 5.74) is 1.41. The molecule has 0 heterocycles. The highest BCUT2D eigenvalue weighted by Crippen LogP contribution is 2.27. The van der Waals surface area contributed by atoms with E-state index < -0.39 is 0 Å². The lowest BCUT2D eigenvalue weighted by Crippen LogP contribution is -1.86. The number of nitrogens with zero attached hydrogens (tertiary/aromatic N) is 1. The Morgan fingerprint density at radius 1 is 1.57 bits per heavy atom. The molecule has 0 radical (unpaired) electrons. The molecule has 3 heteroatoms. The third kappa shape index (κ3) is 2.07. The minimum atomic E-state index is 0.514.